The van der Waals surface area contributed by atoms with E-state index in [0.717, 1.165) is 26.1 Å². The van der Waals surface area contributed by atoms with Crippen molar-refractivity contribution in [3.63, 3.8) is 0 Å². The number of nitrogens with zero attached hydrogens (tertiary/aromatic N) is 1. The standard InChI is InChI=1S/C23H27NO4S/c1-23(2,3)28-22(27)19(15-24)14-20-13-18-7-6-17(12-21(18)29-20)11-16(8-10-26)5-4-9-25/h5-7,12-14,25-26H,4,8-11H2,1-3H3/b16-5+,19-14+. The number of aliphatic hydroxyl groups excluding tert-OH is 2. The van der Waals surface area contributed by atoms with Crippen molar-refractivity contribution >= 4 is 33.5 Å². The van der Waals surface area contributed by atoms with Gasteiger partial charge in [0.05, 0.1) is 0 Å². The van der Waals surface area contributed by atoms with Crippen LogP contribution in [0.4, 0.5) is 0 Å². The second-order valence-electron chi connectivity index (χ2n) is 7.72. The van der Waals surface area contributed by atoms with Gasteiger partial charge in [0.1, 0.15) is 17.2 Å². The van der Waals surface area contributed by atoms with Gasteiger partial charge in [0.2, 0.25) is 0 Å². The van der Waals surface area contributed by atoms with E-state index in [1.807, 2.05) is 30.3 Å². The lowest BCUT2D eigenvalue weighted by Crippen LogP contribution is -2.24. The van der Waals surface area contributed by atoms with Crippen LogP contribution in [0.1, 0.15) is 44.1 Å². The minimum Gasteiger partial charge on any atom is -0.456 e. The van der Waals surface area contributed by atoms with Crippen molar-refractivity contribution in [1.29, 1.82) is 5.26 Å². The van der Waals surface area contributed by atoms with Gasteiger partial charge in [0.15, 0.2) is 0 Å². The molecule has 1 aromatic carbocycles. The fraction of sp³-hybridized carbons (Fsp3) is 0.391. The summed E-state index contributed by atoms with van der Waals surface area (Å²) in [6.07, 6.45) is 5.41. The van der Waals surface area contributed by atoms with E-state index in [1.54, 1.807) is 26.8 Å². The molecule has 154 valence electrons. The Bertz CT molecular complexity index is 957. The van der Waals surface area contributed by atoms with Crippen LogP contribution in [0.25, 0.3) is 16.2 Å². The maximum Gasteiger partial charge on any atom is 0.349 e. The monoisotopic (exact) mass is 413 g/mol. The van der Waals surface area contributed by atoms with Crippen LogP contribution in [0.15, 0.2) is 41.5 Å². The molecule has 0 bridgehead atoms. The number of benzene rings is 1. The van der Waals surface area contributed by atoms with E-state index >= 15 is 0 Å². The van der Waals surface area contributed by atoms with Crippen molar-refractivity contribution in [2.24, 2.45) is 0 Å². The molecule has 0 radical (unpaired) electrons. The van der Waals surface area contributed by atoms with Crippen molar-refractivity contribution in [2.75, 3.05) is 13.2 Å². The molecule has 0 unspecified atom stereocenters. The van der Waals surface area contributed by atoms with Crippen LogP contribution >= 0.6 is 11.3 Å². The molecule has 29 heavy (non-hydrogen) atoms. The molecule has 0 fully saturated rings. The van der Waals surface area contributed by atoms with Crippen LogP contribution in [0, 0.1) is 11.3 Å². The Morgan fingerprint density at radius 2 is 2.00 bits per heavy atom. The fourth-order valence-electron chi connectivity index (χ4n) is 2.83. The topological polar surface area (TPSA) is 90.6 Å². The van der Waals surface area contributed by atoms with Crippen molar-refractivity contribution in [3.05, 3.63) is 51.9 Å². The van der Waals surface area contributed by atoms with Gasteiger partial charge in [-0.3, -0.25) is 0 Å². The Morgan fingerprint density at radius 3 is 2.62 bits per heavy atom. The van der Waals surface area contributed by atoms with Gasteiger partial charge in [-0.1, -0.05) is 23.8 Å². The highest BCUT2D eigenvalue weighted by Gasteiger charge is 2.20. The third kappa shape index (κ3) is 7.13. The number of hydrogen-bond donors (Lipinski definition) is 2. The lowest BCUT2D eigenvalue weighted by molar-refractivity contribution is -0.149. The summed E-state index contributed by atoms with van der Waals surface area (Å²) in [7, 11) is 0. The van der Waals surface area contributed by atoms with Gasteiger partial charge in [-0.25, -0.2) is 4.79 Å². The van der Waals surface area contributed by atoms with E-state index in [9.17, 15) is 15.2 Å². The first-order valence-electron chi connectivity index (χ1n) is 9.53. The number of carbonyl (C=O) groups excluding carboxylic acids is 1. The van der Waals surface area contributed by atoms with Crippen LogP contribution in [0.5, 0.6) is 0 Å². The van der Waals surface area contributed by atoms with Crippen LogP contribution in [0.3, 0.4) is 0 Å². The number of fused-ring (bicyclic) bond motifs is 1. The zero-order valence-electron chi connectivity index (χ0n) is 17.1. The summed E-state index contributed by atoms with van der Waals surface area (Å²) in [4.78, 5) is 13.0. The van der Waals surface area contributed by atoms with E-state index in [-0.39, 0.29) is 18.8 Å². The highest BCUT2D eigenvalue weighted by atomic mass is 32.1. The summed E-state index contributed by atoms with van der Waals surface area (Å²) in [5.74, 6) is -0.624. The molecule has 0 aliphatic heterocycles. The Hall–Kier alpha value is -2.46. The van der Waals surface area contributed by atoms with Gasteiger partial charge >= 0.3 is 5.97 Å². The maximum atomic E-state index is 12.2. The number of thiophene rings is 1. The second-order valence-corrected chi connectivity index (χ2v) is 8.83. The Labute approximate surface area is 175 Å². The molecule has 6 heteroatoms. The number of carbonyl (C=O) groups is 1. The number of hydrogen-bond acceptors (Lipinski definition) is 6. The molecule has 0 atom stereocenters. The predicted octanol–water partition coefficient (Wildman–Crippen LogP) is 4.38. The van der Waals surface area contributed by atoms with Gasteiger partial charge in [0.25, 0.3) is 0 Å². The van der Waals surface area contributed by atoms with E-state index in [4.69, 9.17) is 9.84 Å². The summed E-state index contributed by atoms with van der Waals surface area (Å²) in [5.41, 5.74) is 1.52. The lowest BCUT2D eigenvalue weighted by atomic mass is 10.0. The Morgan fingerprint density at radius 1 is 1.24 bits per heavy atom. The third-order valence-electron chi connectivity index (χ3n) is 4.06. The van der Waals surface area contributed by atoms with Crippen molar-refractivity contribution in [2.45, 2.75) is 45.6 Å². The summed E-state index contributed by atoms with van der Waals surface area (Å²) < 4.78 is 6.34. The number of rotatable bonds is 8. The molecule has 0 aliphatic carbocycles. The zero-order chi connectivity index (χ0) is 21.4. The Balaban J connectivity index is 2.26. The molecular formula is C23H27NO4S. The molecule has 0 saturated carbocycles. The molecule has 0 saturated heterocycles. The van der Waals surface area contributed by atoms with Crippen molar-refractivity contribution < 1.29 is 19.7 Å². The van der Waals surface area contributed by atoms with Crippen LogP contribution in [0.2, 0.25) is 0 Å². The maximum absolute atomic E-state index is 12.2. The first kappa shape index (κ1) is 22.8. The summed E-state index contributed by atoms with van der Waals surface area (Å²) in [6, 6.07) is 10.0. The van der Waals surface area contributed by atoms with Crippen molar-refractivity contribution in [1.82, 2.24) is 0 Å². The number of nitriles is 1. The number of ether oxygens (including phenoxy) is 1. The fourth-order valence-corrected chi connectivity index (χ4v) is 3.90. The first-order valence-corrected chi connectivity index (χ1v) is 10.3. The highest BCUT2D eigenvalue weighted by molar-refractivity contribution is 7.19. The van der Waals surface area contributed by atoms with Gasteiger partial charge in [-0.15, -0.1) is 11.3 Å². The molecule has 0 amide bonds. The minimum absolute atomic E-state index is 0.0242. The van der Waals surface area contributed by atoms with E-state index in [0.29, 0.717) is 19.3 Å². The quantitative estimate of drug-likeness (QED) is 0.290. The zero-order valence-corrected chi connectivity index (χ0v) is 17.9. The summed E-state index contributed by atoms with van der Waals surface area (Å²) in [5, 5.41) is 28.6. The van der Waals surface area contributed by atoms with Gasteiger partial charge in [0, 0.05) is 22.8 Å². The smallest absolute Gasteiger partial charge is 0.349 e. The average molecular weight is 414 g/mol. The molecule has 0 spiro atoms. The van der Waals surface area contributed by atoms with Crippen LogP contribution in [-0.4, -0.2) is 35.0 Å². The molecule has 2 aromatic rings. The molecule has 0 aliphatic rings. The number of esters is 1. The SMILES string of the molecule is CC(C)(C)OC(=O)/C(C#N)=C/c1cc2ccc(C/C(=C/CCO)CCO)cc2s1. The van der Waals surface area contributed by atoms with E-state index in [2.05, 4.69) is 6.07 Å². The number of aliphatic hydroxyl groups is 2. The second kappa shape index (κ2) is 10.4. The third-order valence-corrected chi connectivity index (χ3v) is 5.10. The molecule has 2 N–H and O–H groups in total. The lowest BCUT2D eigenvalue weighted by Gasteiger charge is -2.18. The highest BCUT2D eigenvalue weighted by Crippen LogP contribution is 2.29. The average Bonchev–Trinajstić information content (AvgIpc) is 3.04. The Kier molecular flexibility index (Phi) is 8.15. The van der Waals surface area contributed by atoms with E-state index in [1.165, 1.54) is 11.3 Å². The van der Waals surface area contributed by atoms with Gasteiger partial charge < -0.3 is 14.9 Å². The first-order chi connectivity index (χ1) is 13.8. The van der Waals surface area contributed by atoms with E-state index < -0.39 is 11.6 Å². The molecule has 1 aromatic heterocycles. The largest absolute Gasteiger partial charge is 0.456 e. The normalized spacial score (nSPS) is 12.8. The summed E-state index contributed by atoms with van der Waals surface area (Å²) >= 11 is 1.50. The van der Waals surface area contributed by atoms with Crippen LogP contribution in [-0.2, 0) is 16.0 Å². The van der Waals surface area contributed by atoms with Gasteiger partial charge in [-0.2, -0.15) is 5.26 Å². The van der Waals surface area contributed by atoms with Gasteiger partial charge in [-0.05, 0) is 69.2 Å². The van der Waals surface area contributed by atoms with Crippen molar-refractivity contribution in [3.8, 4) is 6.07 Å². The molecule has 5 nitrogen and oxygen atoms in total. The molecule has 1 heterocycles. The minimum atomic E-state index is -0.655. The summed E-state index contributed by atoms with van der Waals surface area (Å²) in [6.45, 7) is 5.46. The molecule has 2 rings (SSSR count). The predicted molar refractivity (Wildman–Crippen MR) is 116 cm³/mol. The van der Waals surface area contributed by atoms with Crippen LogP contribution < -0.4 is 0 Å². The molecular weight excluding hydrogens is 386 g/mol.